The molecule has 2 aromatic rings. The van der Waals surface area contributed by atoms with Gasteiger partial charge in [-0.25, -0.2) is 0 Å². The summed E-state index contributed by atoms with van der Waals surface area (Å²) in [7, 11) is 0. The number of benzene rings is 1. The summed E-state index contributed by atoms with van der Waals surface area (Å²) < 4.78 is 10.5. The summed E-state index contributed by atoms with van der Waals surface area (Å²) in [5.74, 6) is 0.646. The molecule has 22 heavy (non-hydrogen) atoms. The predicted molar refractivity (Wildman–Crippen MR) is 81.0 cm³/mol. The summed E-state index contributed by atoms with van der Waals surface area (Å²) in [5.41, 5.74) is 1.71. The Morgan fingerprint density at radius 2 is 2.14 bits per heavy atom. The van der Waals surface area contributed by atoms with Gasteiger partial charge in [-0.1, -0.05) is 24.3 Å². The summed E-state index contributed by atoms with van der Waals surface area (Å²) >= 11 is 0. The lowest BCUT2D eigenvalue weighted by Crippen LogP contribution is -2.34. The number of carbonyl (C=O) groups excluding carboxylic acids is 1. The fourth-order valence-corrected chi connectivity index (χ4v) is 2.51. The van der Waals surface area contributed by atoms with Crippen molar-refractivity contribution in [1.82, 2.24) is 5.32 Å². The van der Waals surface area contributed by atoms with E-state index in [2.05, 4.69) is 5.32 Å². The second-order valence-corrected chi connectivity index (χ2v) is 5.42. The first-order chi connectivity index (χ1) is 10.7. The van der Waals surface area contributed by atoms with Crippen molar-refractivity contribution in [3.8, 4) is 11.3 Å². The van der Waals surface area contributed by atoms with Gasteiger partial charge in [0.05, 0.1) is 24.9 Å². The van der Waals surface area contributed by atoms with E-state index in [1.165, 1.54) is 0 Å². The van der Waals surface area contributed by atoms with E-state index in [1.807, 2.05) is 36.4 Å². The lowest BCUT2D eigenvalue weighted by molar-refractivity contribution is -0.125. The SMILES string of the molecule is O=C(NC[C@H](O)c1ccc(-c2ccco2)cc1)[C@H]1CCOC1. The normalized spacial score (nSPS) is 19.0. The van der Waals surface area contributed by atoms with Crippen LogP contribution in [0.1, 0.15) is 18.1 Å². The molecule has 0 saturated carbocycles. The van der Waals surface area contributed by atoms with Crippen molar-refractivity contribution in [2.24, 2.45) is 5.92 Å². The van der Waals surface area contributed by atoms with Crippen LogP contribution in [-0.2, 0) is 9.53 Å². The van der Waals surface area contributed by atoms with E-state index in [4.69, 9.17) is 9.15 Å². The third-order valence-electron chi connectivity index (χ3n) is 3.87. The molecule has 5 heteroatoms. The number of carbonyl (C=O) groups is 1. The monoisotopic (exact) mass is 301 g/mol. The molecule has 0 radical (unpaired) electrons. The van der Waals surface area contributed by atoms with Gasteiger partial charge in [0.25, 0.3) is 0 Å². The fraction of sp³-hybridized carbons (Fsp3) is 0.353. The van der Waals surface area contributed by atoms with Crippen LogP contribution in [-0.4, -0.2) is 30.8 Å². The number of aliphatic hydroxyl groups is 1. The van der Waals surface area contributed by atoms with Crippen LogP contribution in [0.5, 0.6) is 0 Å². The molecule has 3 rings (SSSR count). The average Bonchev–Trinajstić information content (AvgIpc) is 3.25. The minimum absolute atomic E-state index is 0.0521. The molecule has 1 saturated heterocycles. The van der Waals surface area contributed by atoms with E-state index in [-0.39, 0.29) is 18.4 Å². The van der Waals surface area contributed by atoms with Crippen molar-refractivity contribution in [2.45, 2.75) is 12.5 Å². The highest BCUT2D eigenvalue weighted by Gasteiger charge is 2.23. The standard InChI is InChI=1S/C17H19NO4/c19-15(10-18-17(20)14-7-9-21-11-14)12-3-5-13(6-4-12)16-2-1-8-22-16/h1-6,8,14-15,19H,7,9-11H2,(H,18,20)/t14-,15-/m0/s1. The number of rotatable bonds is 5. The van der Waals surface area contributed by atoms with Gasteiger partial charge in [0, 0.05) is 18.7 Å². The average molecular weight is 301 g/mol. The molecule has 0 spiro atoms. The molecule has 1 fully saturated rings. The van der Waals surface area contributed by atoms with Gasteiger partial charge < -0.3 is 19.6 Å². The van der Waals surface area contributed by atoms with E-state index < -0.39 is 6.10 Å². The minimum atomic E-state index is -0.725. The number of hydrogen-bond acceptors (Lipinski definition) is 4. The summed E-state index contributed by atoms with van der Waals surface area (Å²) in [6, 6.07) is 11.2. The number of amides is 1. The Balaban J connectivity index is 1.55. The van der Waals surface area contributed by atoms with Crippen LogP contribution in [0.25, 0.3) is 11.3 Å². The quantitative estimate of drug-likeness (QED) is 0.887. The van der Waals surface area contributed by atoms with Crippen molar-refractivity contribution >= 4 is 5.91 Å². The van der Waals surface area contributed by atoms with E-state index in [0.717, 1.165) is 23.3 Å². The number of nitrogens with one attached hydrogen (secondary N) is 1. The molecule has 0 aliphatic carbocycles. The summed E-state index contributed by atoms with van der Waals surface area (Å²) in [4.78, 5) is 11.9. The van der Waals surface area contributed by atoms with Crippen molar-refractivity contribution in [3.05, 3.63) is 48.2 Å². The number of hydrogen-bond donors (Lipinski definition) is 2. The maximum absolute atomic E-state index is 11.9. The molecule has 1 aromatic heterocycles. The van der Waals surface area contributed by atoms with Crippen LogP contribution >= 0.6 is 0 Å². The summed E-state index contributed by atoms with van der Waals surface area (Å²) in [6.07, 6.45) is 1.65. The highest BCUT2D eigenvalue weighted by Crippen LogP contribution is 2.22. The van der Waals surface area contributed by atoms with Gasteiger partial charge in [0.2, 0.25) is 5.91 Å². The Hall–Kier alpha value is -2.11. The Morgan fingerprint density at radius 3 is 2.77 bits per heavy atom. The Bertz CT molecular complexity index is 600. The molecule has 1 aliphatic heterocycles. The van der Waals surface area contributed by atoms with Crippen LogP contribution in [0.15, 0.2) is 47.1 Å². The predicted octanol–water partition coefficient (Wildman–Crippen LogP) is 2.13. The van der Waals surface area contributed by atoms with Crippen molar-refractivity contribution in [3.63, 3.8) is 0 Å². The van der Waals surface area contributed by atoms with Crippen LogP contribution in [0.4, 0.5) is 0 Å². The zero-order valence-corrected chi connectivity index (χ0v) is 12.2. The van der Waals surface area contributed by atoms with Crippen LogP contribution in [0.2, 0.25) is 0 Å². The van der Waals surface area contributed by atoms with E-state index >= 15 is 0 Å². The van der Waals surface area contributed by atoms with E-state index in [1.54, 1.807) is 6.26 Å². The van der Waals surface area contributed by atoms with Crippen molar-refractivity contribution < 1.29 is 19.1 Å². The first-order valence-electron chi connectivity index (χ1n) is 7.41. The zero-order chi connectivity index (χ0) is 15.4. The number of aliphatic hydroxyl groups excluding tert-OH is 1. The first-order valence-corrected chi connectivity index (χ1v) is 7.41. The fourth-order valence-electron chi connectivity index (χ4n) is 2.51. The molecule has 2 N–H and O–H groups in total. The van der Waals surface area contributed by atoms with Crippen LogP contribution < -0.4 is 5.32 Å². The van der Waals surface area contributed by atoms with Gasteiger partial charge in [-0.15, -0.1) is 0 Å². The second kappa shape index (κ2) is 6.77. The molecular weight excluding hydrogens is 282 g/mol. The van der Waals surface area contributed by atoms with Gasteiger partial charge in [-0.05, 0) is 24.1 Å². The topological polar surface area (TPSA) is 71.7 Å². The highest BCUT2D eigenvalue weighted by atomic mass is 16.5. The Kier molecular flexibility index (Phi) is 4.56. The van der Waals surface area contributed by atoms with Gasteiger partial charge in [-0.2, -0.15) is 0 Å². The highest BCUT2D eigenvalue weighted by molar-refractivity contribution is 5.79. The third-order valence-corrected chi connectivity index (χ3v) is 3.87. The van der Waals surface area contributed by atoms with Gasteiger partial charge >= 0.3 is 0 Å². The van der Waals surface area contributed by atoms with E-state index in [9.17, 15) is 9.90 Å². The largest absolute Gasteiger partial charge is 0.464 e. The van der Waals surface area contributed by atoms with Gasteiger partial charge in [0.15, 0.2) is 0 Å². The molecule has 1 aromatic carbocycles. The minimum Gasteiger partial charge on any atom is -0.464 e. The molecule has 2 heterocycles. The maximum Gasteiger partial charge on any atom is 0.225 e. The van der Waals surface area contributed by atoms with Crippen LogP contribution in [0.3, 0.4) is 0 Å². The maximum atomic E-state index is 11.9. The second-order valence-electron chi connectivity index (χ2n) is 5.42. The molecule has 0 unspecified atom stereocenters. The Morgan fingerprint density at radius 1 is 1.32 bits per heavy atom. The molecular formula is C17H19NO4. The summed E-state index contributed by atoms with van der Waals surface area (Å²) in [5, 5.41) is 12.9. The molecule has 1 amide bonds. The molecule has 0 bridgehead atoms. The van der Waals surface area contributed by atoms with E-state index in [0.29, 0.717) is 13.2 Å². The lowest BCUT2D eigenvalue weighted by atomic mass is 10.0. The van der Waals surface area contributed by atoms with Crippen molar-refractivity contribution in [1.29, 1.82) is 0 Å². The molecule has 1 aliphatic rings. The number of furan rings is 1. The van der Waals surface area contributed by atoms with Crippen LogP contribution in [0, 0.1) is 5.92 Å². The zero-order valence-electron chi connectivity index (χ0n) is 12.2. The summed E-state index contributed by atoms with van der Waals surface area (Å²) in [6.45, 7) is 1.31. The molecule has 5 nitrogen and oxygen atoms in total. The van der Waals surface area contributed by atoms with Gasteiger partial charge in [0.1, 0.15) is 5.76 Å². The van der Waals surface area contributed by atoms with Crippen molar-refractivity contribution in [2.75, 3.05) is 19.8 Å². The smallest absolute Gasteiger partial charge is 0.225 e. The Labute approximate surface area is 128 Å². The molecule has 116 valence electrons. The lowest BCUT2D eigenvalue weighted by Gasteiger charge is -2.14. The first kappa shape index (κ1) is 14.8. The number of ether oxygens (including phenoxy) is 1. The molecule has 2 atom stereocenters. The van der Waals surface area contributed by atoms with Gasteiger partial charge in [-0.3, -0.25) is 4.79 Å². The third kappa shape index (κ3) is 3.37.